The Bertz CT molecular complexity index is 907. The molecule has 0 amide bonds. The van der Waals surface area contributed by atoms with Gasteiger partial charge in [0.25, 0.3) is 0 Å². The van der Waals surface area contributed by atoms with Crippen LogP contribution in [0.2, 0.25) is 13.1 Å². The Morgan fingerprint density at radius 1 is 0.478 bits per heavy atom. The molecule has 112 valence electrons. The zero-order chi connectivity index (χ0) is 15.9. The van der Waals surface area contributed by atoms with Crippen LogP contribution in [0.25, 0.3) is 21.5 Å². The molecule has 0 atom stereocenters. The SMILES string of the molecule is C[Si](C)(c1cccc2ccccc12)c1cccc2ccccc12. The average molecular weight is 312 g/mol. The second-order valence-electron chi connectivity index (χ2n) is 6.68. The lowest BCUT2D eigenvalue weighted by Crippen LogP contribution is -2.53. The highest BCUT2D eigenvalue weighted by atomic mass is 28.3. The molecule has 0 saturated carbocycles. The van der Waals surface area contributed by atoms with Gasteiger partial charge in [-0.25, -0.2) is 0 Å². The summed E-state index contributed by atoms with van der Waals surface area (Å²) in [6.45, 7) is 4.94. The maximum Gasteiger partial charge on any atom is 0.113 e. The third-order valence-electron chi connectivity index (χ3n) is 4.93. The van der Waals surface area contributed by atoms with Crippen LogP contribution in [0.5, 0.6) is 0 Å². The standard InChI is InChI=1S/C22H20Si/c1-23(2,21-15-7-11-17-9-3-5-13-19(17)21)22-16-8-12-18-10-4-6-14-20(18)22/h3-16H,1-2H3. The van der Waals surface area contributed by atoms with Crippen molar-refractivity contribution in [3.05, 3.63) is 84.9 Å². The first-order valence-electron chi connectivity index (χ1n) is 8.14. The van der Waals surface area contributed by atoms with Crippen LogP contribution in [0.15, 0.2) is 84.9 Å². The number of benzene rings is 4. The smallest absolute Gasteiger partial charge is 0.0620 e. The fourth-order valence-electron chi connectivity index (χ4n) is 3.69. The fraction of sp³-hybridized carbons (Fsp3) is 0.0909. The van der Waals surface area contributed by atoms with Crippen molar-refractivity contribution in [3.63, 3.8) is 0 Å². The molecule has 0 unspecified atom stereocenters. The summed E-state index contributed by atoms with van der Waals surface area (Å²) in [7, 11) is -1.78. The van der Waals surface area contributed by atoms with E-state index >= 15 is 0 Å². The van der Waals surface area contributed by atoms with Gasteiger partial charge in [0, 0.05) is 0 Å². The normalized spacial score (nSPS) is 11.9. The molecule has 1 heteroatoms. The van der Waals surface area contributed by atoms with Gasteiger partial charge < -0.3 is 0 Å². The predicted molar refractivity (Wildman–Crippen MR) is 105 cm³/mol. The second kappa shape index (κ2) is 5.36. The summed E-state index contributed by atoms with van der Waals surface area (Å²) in [6.07, 6.45) is 0. The molecule has 0 aromatic heterocycles. The highest BCUT2D eigenvalue weighted by Crippen LogP contribution is 2.19. The molecule has 0 aliphatic heterocycles. The minimum atomic E-state index is -1.78. The molecule has 0 saturated heterocycles. The van der Waals surface area contributed by atoms with Gasteiger partial charge in [-0.3, -0.25) is 0 Å². The van der Waals surface area contributed by atoms with Crippen molar-refractivity contribution in [2.75, 3.05) is 0 Å². The van der Waals surface area contributed by atoms with Crippen LogP contribution < -0.4 is 10.4 Å². The maximum absolute atomic E-state index is 2.47. The van der Waals surface area contributed by atoms with Crippen LogP contribution in [0.1, 0.15) is 0 Å². The summed E-state index contributed by atoms with van der Waals surface area (Å²) in [5.74, 6) is 0. The lowest BCUT2D eigenvalue weighted by atomic mass is 10.1. The minimum absolute atomic E-state index is 1.34. The molecule has 0 aliphatic rings. The van der Waals surface area contributed by atoms with Gasteiger partial charge in [-0.05, 0) is 31.9 Å². The summed E-state index contributed by atoms with van der Waals surface area (Å²) in [5.41, 5.74) is 0. The second-order valence-corrected chi connectivity index (χ2v) is 11.0. The van der Waals surface area contributed by atoms with Crippen molar-refractivity contribution in [1.29, 1.82) is 0 Å². The van der Waals surface area contributed by atoms with Crippen molar-refractivity contribution in [1.82, 2.24) is 0 Å². The highest BCUT2D eigenvalue weighted by molar-refractivity contribution is 7.03. The Morgan fingerprint density at radius 3 is 1.35 bits per heavy atom. The van der Waals surface area contributed by atoms with Crippen LogP contribution in [0.3, 0.4) is 0 Å². The van der Waals surface area contributed by atoms with E-state index in [9.17, 15) is 0 Å². The van der Waals surface area contributed by atoms with Gasteiger partial charge in [-0.2, -0.15) is 0 Å². The van der Waals surface area contributed by atoms with Crippen LogP contribution in [0, 0.1) is 0 Å². The zero-order valence-corrected chi connectivity index (χ0v) is 14.6. The van der Waals surface area contributed by atoms with Gasteiger partial charge >= 0.3 is 0 Å². The largest absolute Gasteiger partial charge is 0.113 e. The quantitative estimate of drug-likeness (QED) is 0.466. The first-order valence-corrected chi connectivity index (χ1v) is 11.1. The highest BCUT2D eigenvalue weighted by Gasteiger charge is 2.29. The molecule has 0 aliphatic carbocycles. The summed E-state index contributed by atoms with van der Waals surface area (Å²) in [4.78, 5) is 0. The number of rotatable bonds is 2. The number of hydrogen-bond donors (Lipinski definition) is 0. The molecule has 23 heavy (non-hydrogen) atoms. The van der Waals surface area contributed by atoms with Crippen LogP contribution in [-0.4, -0.2) is 8.07 Å². The van der Waals surface area contributed by atoms with Crippen LogP contribution >= 0.6 is 0 Å². The van der Waals surface area contributed by atoms with Crippen LogP contribution in [0.4, 0.5) is 0 Å². The van der Waals surface area contributed by atoms with E-state index in [0.717, 1.165) is 0 Å². The van der Waals surface area contributed by atoms with Crippen molar-refractivity contribution in [2.24, 2.45) is 0 Å². The molecule has 4 rings (SSSR count). The maximum atomic E-state index is 2.47. The lowest BCUT2D eigenvalue weighted by Gasteiger charge is -2.27. The third-order valence-corrected chi connectivity index (χ3v) is 8.49. The molecule has 0 N–H and O–H groups in total. The molecule has 0 radical (unpaired) electrons. The van der Waals surface area contributed by atoms with Gasteiger partial charge in [-0.15, -0.1) is 0 Å². The first kappa shape index (κ1) is 14.2. The molecule has 0 bridgehead atoms. The molecule has 4 aromatic rings. The van der Waals surface area contributed by atoms with E-state index in [-0.39, 0.29) is 0 Å². The topological polar surface area (TPSA) is 0 Å². The molecular weight excluding hydrogens is 292 g/mol. The summed E-state index contributed by atoms with van der Waals surface area (Å²) in [6, 6.07) is 31.0. The van der Waals surface area contributed by atoms with Crippen molar-refractivity contribution >= 4 is 40.0 Å². The number of fused-ring (bicyclic) bond motifs is 2. The Hall–Kier alpha value is -2.38. The van der Waals surface area contributed by atoms with E-state index < -0.39 is 8.07 Å². The van der Waals surface area contributed by atoms with Gasteiger partial charge in [0.05, 0.1) is 0 Å². The lowest BCUT2D eigenvalue weighted by molar-refractivity contribution is 1.71. The molecule has 0 spiro atoms. The molecule has 0 nitrogen and oxygen atoms in total. The molecular formula is C22H20Si. The Morgan fingerprint density at radius 2 is 0.870 bits per heavy atom. The molecule has 0 fully saturated rings. The Kier molecular flexibility index (Phi) is 3.31. The summed E-state index contributed by atoms with van der Waals surface area (Å²) in [5, 5.41) is 8.52. The molecule has 0 heterocycles. The third kappa shape index (κ3) is 2.29. The number of hydrogen-bond acceptors (Lipinski definition) is 0. The van der Waals surface area contributed by atoms with Crippen molar-refractivity contribution in [3.8, 4) is 0 Å². The van der Waals surface area contributed by atoms with Gasteiger partial charge in [0.1, 0.15) is 8.07 Å². The van der Waals surface area contributed by atoms with Gasteiger partial charge in [0.2, 0.25) is 0 Å². The zero-order valence-electron chi connectivity index (χ0n) is 13.6. The summed E-state index contributed by atoms with van der Waals surface area (Å²) < 4.78 is 0. The van der Waals surface area contributed by atoms with E-state index in [0.29, 0.717) is 0 Å². The van der Waals surface area contributed by atoms with E-state index in [1.54, 1.807) is 0 Å². The van der Waals surface area contributed by atoms with Gasteiger partial charge in [0.15, 0.2) is 0 Å². The average Bonchev–Trinajstić information content (AvgIpc) is 2.60. The predicted octanol–water partition coefficient (Wildman–Crippen LogP) is 4.82. The summed E-state index contributed by atoms with van der Waals surface area (Å²) >= 11 is 0. The fourth-order valence-corrected chi connectivity index (χ4v) is 6.80. The molecule has 4 aromatic carbocycles. The van der Waals surface area contributed by atoms with Crippen LogP contribution in [-0.2, 0) is 0 Å². The first-order chi connectivity index (χ1) is 11.2. The minimum Gasteiger partial charge on any atom is -0.0620 e. The van der Waals surface area contributed by atoms with E-state index in [4.69, 9.17) is 0 Å². The van der Waals surface area contributed by atoms with E-state index in [1.165, 1.54) is 31.9 Å². The van der Waals surface area contributed by atoms with Gasteiger partial charge in [-0.1, -0.05) is 98.0 Å². The Labute approximate surface area is 138 Å². The monoisotopic (exact) mass is 312 g/mol. The van der Waals surface area contributed by atoms with E-state index in [2.05, 4.69) is 98.0 Å². The van der Waals surface area contributed by atoms with E-state index in [1.807, 2.05) is 0 Å². The van der Waals surface area contributed by atoms with Crippen molar-refractivity contribution in [2.45, 2.75) is 13.1 Å². The van der Waals surface area contributed by atoms with Crippen molar-refractivity contribution < 1.29 is 0 Å². The Balaban J connectivity index is 2.02.